The van der Waals surface area contributed by atoms with Crippen LogP contribution in [0, 0.1) is 11.8 Å². The lowest BCUT2D eigenvalue weighted by Gasteiger charge is -2.37. The first-order valence-corrected chi connectivity index (χ1v) is 18.2. The van der Waals surface area contributed by atoms with Gasteiger partial charge in [0.05, 0.1) is 24.0 Å². The maximum atomic E-state index is 15.0. The molecule has 3 amide bonds. The second-order valence-electron chi connectivity index (χ2n) is 13.4. The topological polar surface area (TPSA) is 103 Å². The molecule has 5 rings (SSSR count). The minimum atomic E-state index is -1.18. The standard InChI is InChI=1S/C40H54N4O6/c1-7-25-42(31-19-21-32(22-20-31)49-12-6)36(46)33-34-37(47)44(27-13-14-28-45)35(40(34)24-23-39(33,9-3)50-40)38(48)43(26-8-2)30-17-15-29(16-18-30)41(10-4)11-5/h7-8,15-22,33-35,45H,1-2,9-14,23-28H2,3-6H3/t33-,34-,35?,39+,40?/m0/s1. The van der Waals surface area contributed by atoms with Gasteiger partial charge in [-0.3, -0.25) is 14.4 Å². The molecule has 10 nitrogen and oxygen atoms in total. The van der Waals surface area contributed by atoms with Crippen LogP contribution in [0.15, 0.2) is 73.8 Å². The second-order valence-corrected chi connectivity index (χ2v) is 13.4. The first kappa shape index (κ1) is 37.1. The maximum Gasteiger partial charge on any atom is 0.253 e. The van der Waals surface area contributed by atoms with Crippen molar-refractivity contribution in [3.8, 4) is 5.75 Å². The number of unbranched alkanes of at least 4 members (excludes halogenated alkanes) is 1. The third kappa shape index (κ3) is 6.44. The zero-order valence-electron chi connectivity index (χ0n) is 30.2. The molecule has 2 aromatic rings. The molecule has 1 spiro atoms. The molecule has 10 heteroatoms. The molecule has 2 aromatic carbocycles. The number of anilines is 3. The fourth-order valence-corrected chi connectivity index (χ4v) is 8.55. The predicted octanol–water partition coefficient (Wildman–Crippen LogP) is 5.60. The molecule has 3 saturated heterocycles. The highest BCUT2D eigenvalue weighted by Gasteiger charge is 2.79. The van der Waals surface area contributed by atoms with E-state index in [0.717, 1.165) is 18.8 Å². The third-order valence-electron chi connectivity index (χ3n) is 10.9. The quantitative estimate of drug-likeness (QED) is 0.161. The molecule has 0 aromatic heterocycles. The lowest BCUT2D eigenvalue weighted by molar-refractivity contribution is -0.146. The summed E-state index contributed by atoms with van der Waals surface area (Å²) in [5.41, 5.74) is 0.358. The van der Waals surface area contributed by atoms with Crippen molar-refractivity contribution in [2.24, 2.45) is 11.8 Å². The summed E-state index contributed by atoms with van der Waals surface area (Å²) in [5.74, 6) is -1.64. The number of ether oxygens (including phenoxy) is 2. The Kier molecular flexibility index (Phi) is 11.7. The van der Waals surface area contributed by atoms with Gasteiger partial charge in [0.15, 0.2) is 0 Å². The van der Waals surface area contributed by atoms with Gasteiger partial charge in [-0.2, -0.15) is 0 Å². The number of aliphatic hydroxyl groups excluding tert-OH is 1. The Morgan fingerprint density at radius 2 is 1.48 bits per heavy atom. The monoisotopic (exact) mass is 686 g/mol. The van der Waals surface area contributed by atoms with Crippen LogP contribution in [0.4, 0.5) is 17.1 Å². The van der Waals surface area contributed by atoms with Crippen molar-refractivity contribution >= 4 is 34.8 Å². The number of aliphatic hydroxyl groups is 1. The highest BCUT2D eigenvalue weighted by atomic mass is 16.5. The molecule has 270 valence electrons. The van der Waals surface area contributed by atoms with Crippen LogP contribution in [0.1, 0.15) is 59.8 Å². The van der Waals surface area contributed by atoms with E-state index in [1.807, 2.05) is 62.4 Å². The van der Waals surface area contributed by atoms with Crippen molar-refractivity contribution < 1.29 is 29.0 Å². The van der Waals surface area contributed by atoms with Crippen molar-refractivity contribution in [3.05, 3.63) is 73.8 Å². The zero-order valence-corrected chi connectivity index (χ0v) is 30.2. The van der Waals surface area contributed by atoms with Crippen LogP contribution in [-0.4, -0.2) is 90.9 Å². The minimum absolute atomic E-state index is 0.0220. The Hall–Kier alpha value is -4.15. The highest BCUT2D eigenvalue weighted by molar-refractivity contribution is 6.07. The number of nitrogens with zero attached hydrogens (tertiary/aromatic N) is 4. The Bertz CT molecular complexity index is 1530. The summed E-state index contributed by atoms with van der Waals surface area (Å²) >= 11 is 0. The van der Waals surface area contributed by atoms with Crippen molar-refractivity contribution in [1.29, 1.82) is 0 Å². The SMILES string of the molecule is C=CCN(C(=O)C1N(CCCCO)C(=O)[C@@H]2[C@@H](C(=O)N(CC=C)c3ccc(OCC)cc3)[C@@]3(CC)CCC12O3)c1ccc(N(CC)CC)cc1. The van der Waals surface area contributed by atoms with Gasteiger partial charge in [0.2, 0.25) is 11.8 Å². The molecular formula is C40H54N4O6. The predicted molar refractivity (Wildman–Crippen MR) is 198 cm³/mol. The summed E-state index contributed by atoms with van der Waals surface area (Å²) in [5, 5.41) is 9.61. The summed E-state index contributed by atoms with van der Waals surface area (Å²) in [4.78, 5) is 51.9. The van der Waals surface area contributed by atoms with Gasteiger partial charge in [0.25, 0.3) is 5.91 Å². The summed E-state index contributed by atoms with van der Waals surface area (Å²) in [6.45, 7) is 19.0. The Balaban J connectivity index is 1.56. The van der Waals surface area contributed by atoms with Crippen molar-refractivity contribution in [1.82, 2.24) is 4.90 Å². The van der Waals surface area contributed by atoms with Crippen molar-refractivity contribution in [3.63, 3.8) is 0 Å². The Morgan fingerprint density at radius 3 is 2.02 bits per heavy atom. The summed E-state index contributed by atoms with van der Waals surface area (Å²) in [6, 6.07) is 14.3. The number of hydrogen-bond acceptors (Lipinski definition) is 7. The van der Waals surface area contributed by atoms with Crippen LogP contribution in [-0.2, 0) is 19.1 Å². The molecule has 3 aliphatic rings. The van der Waals surface area contributed by atoms with E-state index in [2.05, 4.69) is 31.9 Å². The first-order valence-electron chi connectivity index (χ1n) is 18.2. The molecule has 0 radical (unpaired) electrons. The lowest BCUT2D eigenvalue weighted by Crippen LogP contribution is -2.56. The van der Waals surface area contributed by atoms with Gasteiger partial charge in [0, 0.05) is 56.4 Å². The molecular weight excluding hydrogens is 632 g/mol. The average molecular weight is 687 g/mol. The molecule has 2 unspecified atom stereocenters. The normalized spacial score (nSPS) is 24.9. The maximum absolute atomic E-state index is 15.0. The Morgan fingerprint density at radius 1 is 0.900 bits per heavy atom. The molecule has 0 saturated carbocycles. The van der Waals surface area contributed by atoms with Gasteiger partial charge in [-0.15, -0.1) is 13.2 Å². The summed E-state index contributed by atoms with van der Waals surface area (Å²) < 4.78 is 12.7. The van der Waals surface area contributed by atoms with Crippen molar-refractivity contribution in [2.45, 2.75) is 77.0 Å². The minimum Gasteiger partial charge on any atom is -0.494 e. The molecule has 3 fully saturated rings. The molecule has 3 heterocycles. The lowest BCUT2D eigenvalue weighted by atomic mass is 9.64. The van der Waals surface area contributed by atoms with Gasteiger partial charge < -0.3 is 34.2 Å². The van der Waals surface area contributed by atoms with Gasteiger partial charge >= 0.3 is 0 Å². The number of hydrogen-bond donors (Lipinski definition) is 1. The van der Waals surface area contributed by atoms with E-state index in [9.17, 15) is 14.7 Å². The number of amides is 3. The zero-order chi connectivity index (χ0) is 36.1. The van der Waals surface area contributed by atoms with Crippen LogP contribution in [0.25, 0.3) is 0 Å². The molecule has 1 N–H and O–H groups in total. The van der Waals surface area contributed by atoms with Crippen LogP contribution in [0.2, 0.25) is 0 Å². The highest BCUT2D eigenvalue weighted by Crippen LogP contribution is 2.65. The van der Waals surface area contributed by atoms with E-state index in [0.29, 0.717) is 55.8 Å². The largest absolute Gasteiger partial charge is 0.494 e. The van der Waals surface area contributed by atoms with E-state index in [1.165, 1.54) is 0 Å². The number of benzene rings is 2. The van der Waals surface area contributed by atoms with Crippen LogP contribution in [0.3, 0.4) is 0 Å². The summed E-state index contributed by atoms with van der Waals surface area (Å²) in [6.07, 6.45) is 5.94. The van der Waals surface area contributed by atoms with Crippen LogP contribution >= 0.6 is 0 Å². The van der Waals surface area contributed by atoms with E-state index < -0.39 is 29.1 Å². The van der Waals surface area contributed by atoms with E-state index >= 15 is 4.79 Å². The number of carbonyl (C=O) groups is 3. The third-order valence-corrected chi connectivity index (χ3v) is 10.9. The number of fused-ring (bicyclic) bond motifs is 1. The molecule has 0 aliphatic carbocycles. The van der Waals surface area contributed by atoms with E-state index in [4.69, 9.17) is 9.47 Å². The molecule has 3 aliphatic heterocycles. The van der Waals surface area contributed by atoms with E-state index in [-0.39, 0.29) is 44.0 Å². The Labute approximate surface area is 297 Å². The number of carbonyl (C=O) groups excluding carboxylic acids is 3. The fraction of sp³-hybridized carbons (Fsp3) is 0.525. The number of rotatable bonds is 18. The molecule has 2 bridgehead atoms. The first-order chi connectivity index (χ1) is 24.2. The summed E-state index contributed by atoms with van der Waals surface area (Å²) in [7, 11) is 0. The average Bonchev–Trinajstić information content (AvgIpc) is 3.74. The van der Waals surface area contributed by atoms with Gasteiger partial charge in [0.1, 0.15) is 17.4 Å². The van der Waals surface area contributed by atoms with Gasteiger partial charge in [-0.1, -0.05) is 19.1 Å². The fourth-order valence-electron chi connectivity index (χ4n) is 8.55. The van der Waals surface area contributed by atoms with Crippen LogP contribution < -0.4 is 19.4 Å². The molecule has 50 heavy (non-hydrogen) atoms. The second kappa shape index (κ2) is 15.8. The van der Waals surface area contributed by atoms with Crippen LogP contribution in [0.5, 0.6) is 5.75 Å². The number of likely N-dealkylation sites (tertiary alicyclic amines) is 1. The van der Waals surface area contributed by atoms with Gasteiger partial charge in [-0.25, -0.2) is 0 Å². The van der Waals surface area contributed by atoms with Gasteiger partial charge in [-0.05, 0) is 101 Å². The van der Waals surface area contributed by atoms with Crippen molar-refractivity contribution in [2.75, 3.05) is 60.6 Å². The van der Waals surface area contributed by atoms with E-state index in [1.54, 1.807) is 26.9 Å². The molecule has 5 atom stereocenters. The smallest absolute Gasteiger partial charge is 0.253 e.